The Morgan fingerprint density at radius 1 is 1.24 bits per heavy atom. The number of hydrogen-bond acceptors (Lipinski definition) is 5. The first-order valence-corrected chi connectivity index (χ1v) is 10.9. The number of furan rings is 1. The van der Waals surface area contributed by atoms with Gasteiger partial charge in [0.2, 0.25) is 11.9 Å². The summed E-state index contributed by atoms with van der Waals surface area (Å²) < 4.78 is 7.28. The molecule has 3 amide bonds. The standard InChI is InChI=1S/C20H23N5O3S/c1-29-12-8-16(18(26)21-13-14-5-4-11-28-14)23-20(27)25-10-9-24-17-7-3-2-6-15(17)22-19(24)25/h2-7,11,16H,8-10,12-13H2,1H3,(H,21,26)(H,23,27)/t16-/m0/s1. The molecule has 0 unspecified atom stereocenters. The Balaban J connectivity index is 1.45. The van der Waals surface area contributed by atoms with Crippen LogP contribution in [0.4, 0.5) is 10.7 Å². The normalized spacial score (nSPS) is 14.0. The van der Waals surface area contributed by atoms with E-state index in [0.717, 1.165) is 16.8 Å². The maximum absolute atomic E-state index is 13.0. The zero-order chi connectivity index (χ0) is 20.2. The highest BCUT2D eigenvalue weighted by atomic mass is 32.2. The van der Waals surface area contributed by atoms with Gasteiger partial charge < -0.3 is 19.6 Å². The van der Waals surface area contributed by atoms with Gasteiger partial charge in [0.1, 0.15) is 11.8 Å². The molecule has 0 radical (unpaired) electrons. The predicted octanol–water partition coefficient (Wildman–Crippen LogP) is 2.60. The molecule has 1 aliphatic rings. The van der Waals surface area contributed by atoms with Crippen molar-refractivity contribution < 1.29 is 14.0 Å². The lowest BCUT2D eigenvalue weighted by atomic mass is 10.2. The monoisotopic (exact) mass is 413 g/mol. The highest BCUT2D eigenvalue weighted by Gasteiger charge is 2.31. The Morgan fingerprint density at radius 3 is 2.90 bits per heavy atom. The van der Waals surface area contributed by atoms with Gasteiger partial charge in [0.05, 0.1) is 23.8 Å². The molecule has 0 fully saturated rings. The van der Waals surface area contributed by atoms with Crippen LogP contribution in [0.2, 0.25) is 0 Å². The minimum absolute atomic E-state index is 0.225. The largest absolute Gasteiger partial charge is 0.467 e. The Kier molecular flexibility index (Phi) is 5.75. The summed E-state index contributed by atoms with van der Waals surface area (Å²) in [5.41, 5.74) is 1.86. The summed E-state index contributed by atoms with van der Waals surface area (Å²) >= 11 is 1.63. The van der Waals surface area contributed by atoms with Gasteiger partial charge in [0.15, 0.2) is 0 Å². The van der Waals surface area contributed by atoms with Crippen molar-refractivity contribution in [2.24, 2.45) is 0 Å². The van der Waals surface area contributed by atoms with E-state index in [-0.39, 0.29) is 18.5 Å². The fourth-order valence-electron chi connectivity index (χ4n) is 3.42. The maximum atomic E-state index is 13.0. The van der Waals surface area contributed by atoms with Crippen molar-refractivity contribution in [3.63, 3.8) is 0 Å². The van der Waals surface area contributed by atoms with Crippen LogP contribution >= 0.6 is 11.8 Å². The van der Waals surface area contributed by atoms with Gasteiger partial charge in [-0.15, -0.1) is 0 Å². The number of imidazole rings is 1. The fraction of sp³-hybridized carbons (Fsp3) is 0.350. The molecule has 2 aromatic heterocycles. The number of nitrogens with zero attached hydrogens (tertiary/aromatic N) is 3. The van der Waals surface area contributed by atoms with E-state index in [1.807, 2.05) is 35.1 Å². The van der Waals surface area contributed by atoms with Gasteiger partial charge >= 0.3 is 6.03 Å². The van der Waals surface area contributed by atoms with Gasteiger partial charge in [-0.1, -0.05) is 12.1 Å². The number of amides is 3. The van der Waals surface area contributed by atoms with Crippen LogP contribution < -0.4 is 15.5 Å². The average Bonchev–Trinajstić information content (AvgIpc) is 3.45. The number of para-hydroxylation sites is 2. The van der Waals surface area contributed by atoms with Crippen LogP contribution in [0.5, 0.6) is 0 Å². The first-order chi connectivity index (χ1) is 14.2. The summed E-state index contributed by atoms with van der Waals surface area (Å²) in [6, 6.07) is 10.5. The van der Waals surface area contributed by atoms with E-state index in [1.54, 1.807) is 35.1 Å². The minimum atomic E-state index is -0.622. The van der Waals surface area contributed by atoms with Gasteiger partial charge in [-0.3, -0.25) is 9.69 Å². The molecule has 0 saturated carbocycles. The molecule has 1 aliphatic heterocycles. The number of benzene rings is 1. The van der Waals surface area contributed by atoms with Crippen molar-refractivity contribution in [2.45, 2.75) is 25.6 Å². The third kappa shape index (κ3) is 4.09. The number of aromatic nitrogens is 2. The summed E-state index contributed by atoms with van der Waals surface area (Å²) in [5.74, 6) is 1.82. The van der Waals surface area contributed by atoms with Crippen LogP contribution in [0.3, 0.4) is 0 Å². The Bertz CT molecular complexity index is 1000. The Labute approximate surface area is 172 Å². The van der Waals surface area contributed by atoms with Crippen molar-refractivity contribution in [3.8, 4) is 0 Å². The molecule has 8 nitrogen and oxygen atoms in total. The number of fused-ring (bicyclic) bond motifs is 3. The fourth-order valence-corrected chi connectivity index (χ4v) is 3.90. The van der Waals surface area contributed by atoms with Crippen LogP contribution in [0.1, 0.15) is 12.2 Å². The highest BCUT2D eigenvalue weighted by molar-refractivity contribution is 7.98. The van der Waals surface area contributed by atoms with Crippen molar-refractivity contribution in [2.75, 3.05) is 23.5 Å². The maximum Gasteiger partial charge on any atom is 0.324 e. The molecule has 152 valence electrons. The van der Waals surface area contributed by atoms with Crippen LogP contribution in [-0.4, -0.2) is 46.1 Å². The molecular formula is C20H23N5O3S. The molecule has 3 heterocycles. The van der Waals surface area contributed by atoms with Gasteiger partial charge in [-0.25, -0.2) is 9.78 Å². The van der Waals surface area contributed by atoms with Crippen LogP contribution in [0, 0.1) is 0 Å². The SMILES string of the molecule is CSCC[C@H](NC(=O)N1CCn2c1nc1ccccc12)C(=O)NCc1ccco1. The van der Waals surface area contributed by atoms with Crippen molar-refractivity contribution in [1.29, 1.82) is 0 Å². The average molecular weight is 414 g/mol. The molecule has 1 atom stereocenters. The minimum Gasteiger partial charge on any atom is -0.467 e. The van der Waals surface area contributed by atoms with Crippen molar-refractivity contribution in [1.82, 2.24) is 20.2 Å². The van der Waals surface area contributed by atoms with Gasteiger partial charge in [-0.05, 0) is 42.7 Å². The van der Waals surface area contributed by atoms with E-state index in [4.69, 9.17) is 4.42 Å². The number of nitrogens with one attached hydrogen (secondary N) is 2. The van der Waals surface area contributed by atoms with Gasteiger partial charge in [-0.2, -0.15) is 11.8 Å². The zero-order valence-electron chi connectivity index (χ0n) is 16.1. The smallest absolute Gasteiger partial charge is 0.324 e. The summed E-state index contributed by atoms with van der Waals surface area (Å²) in [4.78, 5) is 31.8. The van der Waals surface area contributed by atoms with Crippen molar-refractivity contribution in [3.05, 3.63) is 48.4 Å². The molecular weight excluding hydrogens is 390 g/mol. The van der Waals surface area contributed by atoms with E-state index in [1.165, 1.54) is 0 Å². The number of thioether (sulfide) groups is 1. The van der Waals surface area contributed by atoms with Gasteiger partial charge in [0.25, 0.3) is 0 Å². The number of urea groups is 1. The summed E-state index contributed by atoms with van der Waals surface area (Å²) in [7, 11) is 0. The van der Waals surface area contributed by atoms with Crippen LogP contribution in [0.25, 0.3) is 11.0 Å². The molecule has 0 aliphatic carbocycles. The van der Waals surface area contributed by atoms with E-state index in [9.17, 15) is 9.59 Å². The highest BCUT2D eigenvalue weighted by Crippen LogP contribution is 2.27. The second-order valence-electron chi connectivity index (χ2n) is 6.78. The second-order valence-corrected chi connectivity index (χ2v) is 7.77. The molecule has 0 spiro atoms. The summed E-state index contributed by atoms with van der Waals surface area (Å²) in [6.45, 7) is 1.50. The Hall–Kier alpha value is -2.94. The molecule has 1 aromatic carbocycles. The third-order valence-electron chi connectivity index (χ3n) is 4.91. The topological polar surface area (TPSA) is 92.4 Å². The molecule has 0 saturated heterocycles. The number of carbonyl (C=O) groups is 2. The van der Waals surface area contributed by atoms with E-state index in [2.05, 4.69) is 15.6 Å². The molecule has 0 bridgehead atoms. The summed E-state index contributed by atoms with van der Waals surface area (Å²) in [5, 5.41) is 5.72. The van der Waals surface area contributed by atoms with E-state index < -0.39 is 6.04 Å². The lowest BCUT2D eigenvalue weighted by molar-refractivity contribution is -0.123. The third-order valence-corrected chi connectivity index (χ3v) is 5.55. The number of carbonyl (C=O) groups excluding carboxylic acids is 2. The van der Waals surface area contributed by atoms with Crippen molar-refractivity contribution >= 4 is 40.7 Å². The molecule has 29 heavy (non-hydrogen) atoms. The number of anilines is 1. The first kappa shape index (κ1) is 19.4. The van der Waals surface area contributed by atoms with E-state index >= 15 is 0 Å². The quantitative estimate of drug-likeness (QED) is 0.621. The van der Waals surface area contributed by atoms with Crippen LogP contribution in [-0.2, 0) is 17.9 Å². The molecule has 4 rings (SSSR count). The first-order valence-electron chi connectivity index (χ1n) is 9.49. The molecule has 9 heteroatoms. The molecule has 3 aromatic rings. The van der Waals surface area contributed by atoms with Gasteiger partial charge in [0, 0.05) is 13.1 Å². The Morgan fingerprint density at radius 2 is 2.10 bits per heavy atom. The zero-order valence-corrected chi connectivity index (χ0v) is 16.9. The number of rotatable bonds is 7. The predicted molar refractivity (Wildman–Crippen MR) is 113 cm³/mol. The number of hydrogen-bond donors (Lipinski definition) is 2. The molecule has 2 N–H and O–H groups in total. The lowest BCUT2D eigenvalue weighted by Gasteiger charge is -2.21. The summed E-state index contributed by atoms with van der Waals surface area (Å²) in [6.07, 6.45) is 4.08. The van der Waals surface area contributed by atoms with E-state index in [0.29, 0.717) is 31.2 Å². The van der Waals surface area contributed by atoms with Crippen LogP contribution in [0.15, 0.2) is 47.1 Å². The lowest BCUT2D eigenvalue weighted by Crippen LogP contribution is -2.51. The second kappa shape index (κ2) is 8.60.